The second-order valence-electron chi connectivity index (χ2n) is 4.70. The number of carbonyl (C=O) groups is 1. The molecule has 0 spiro atoms. The molecule has 0 aliphatic heterocycles. The summed E-state index contributed by atoms with van der Waals surface area (Å²) in [5.41, 5.74) is 3.37. The van der Waals surface area contributed by atoms with Crippen LogP contribution in [-0.4, -0.2) is 10.9 Å². The summed E-state index contributed by atoms with van der Waals surface area (Å²) in [5, 5.41) is 3.79. The molecule has 1 N–H and O–H groups in total. The van der Waals surface area contributed by atoms with Crippen LogP contribution in [0.5, 0.6) is 0 Å². The van der Waals surface area contributed by atoms with E-state index in [2.05, 4.69) is 10.3 Å². The minimum Gasteiger partial charge on any atom is -0.322 e. The summed E-state index contributed by atoms with van der Waals surface area (Å²) in [6.45, 7) is 2.00. The Balaban J connectivity index is 1.97. The van der Waals surface area contributed by atoms with Crippen molar-refractivity contribution in [3.63, 3.8) is 0 Å². The highest BCUT2D eigenvalue weighted by atomic mass is 16.1. The van der Waals surface area contributed by atoms with Crippen molar-refractivity contribution in [3.05, 3.63) is 71.9 Å². The van der Waals surface area contributed by atoms with E-state index in [1.165, 1.54) is 0 Å². The second kappa shape index (κ2) is 5.13. The monoisotopic (exact) mass is 262 g/mol. The average molecular weight is 262 g/mol. The van der Waals surface area contributed by atoms with E-state index in [1.54, 1.807) is 12.3 Å². The molecule has 0 aliphatic carbocycles. The van der Waals surface area contributed by atoms with Gasteiger partial charge in [0.2, 0.25) is 0 Å². The predicted molar refractivity (Wildman–Crippen MR) is 80.9 cm³/mol. The Kier molecular flexibility index (Phi) is 3.17. The van der Waals surface area contributed by atoms with E-state index in [4.69, 9.17) is 0 Å². The van der Waals surface area contributed by atoms with Crippen molar-refractivity contribution in [2.45, 2.75) is 6.92 Å². The van der Waals surface area contributed by atoms with Gasteiger partial charge in [0.25, 0.3) is 5.91 Å². The molecule has 0 bridgehead atoms. The van der Waals surface area contributed by atoms with E-state index >= 15 is 0 Å². The van der Waals surface area contributed by atoms with Gasteiger partial charge in [-0.1, -0.05) is 30.3 Å². The molecule has 3 rings (SSSR count). The van der Waals surface area contributed by atoms with Gasteiger partial charge in [0.1, 0.15) is 0 Å². The highest BCUT2D eigenvalue weighted by Gasteiger charge is 2.10. The van der Waals surface area contributed by atoms with Gasteiger partial charge in [-0.25, -0.2) is 0 Å². The van der Waals surface area contributed by atoms with Crippen LogP contribution in [0.15, 0.2) is 60.8 Å². The highest BCUT2D eigenvalue weighted by Crippen LogP contribution is 2.18. The topological polar surface area (TPSA) is 42.0 Å². The number of nitrogens with one attached hydrogen (secondary N) is 1. The van der Waals surface area contributed by atoms with Gasteiger partial charge in [-0.3, -0.25) is 9.78 Å². The number of amides is 1. The fourth-order valence-electron chi connectivity index (χ4n) is 2.22. The van der Waals surface area contributed by atoms with Gasteiger partial charge >= 0.3 is 0 Å². The largest absolute Gasteiger partial charge is 0.322 e. The van der Waals surface area contributed by atoms with Crippen LogP contribution >= 0.6 is 0 Å². The van der Waals surface area contributed by atoms with E-state index in [9.17, 15) is 4.79 Å². The summed E-state index contributed by atoms with van der Waals surface area (Å²) >= 11 is 0. The third-order valence-corrected chi connectivity index (χ3v) is 3.17. The SMILES string of the molecule is Cc1cccc(NC(=O)c2ccnc3ccccc23)c1. The number of nitrogens with zero attached hydrogens (tertiary/aromatic N) is 1. The summed E-state index contributed by atoms with van der Waals surface area (Å²) in [7, 11) is 0. The summed E-state index contributed by atoms with van der Waals surface area (Å²) in [6.07, 6.45) is 1.66. The fourth-order valence-corrected chi connectivity index (χ4v) is 2.22. The first-order chi connectivity index (χ1) is 9.74. The summed E-state index contributed by atoms with van der Waals surface area (Å²) < 4.78 is 0. The molecule has 0 radical (unpaired) electrons. The molecular formula is C17H14N2O. The zero-order chi connectivity index (χ0) is 13.9. The van der Waals surface area contributed by atoms with Crippen LogP contribution in [0.25, 0.3) is 10.9 Å². The highest BCUT2D eigenvalue weighted by molar-refractivity contribution is 6.12. The van der Waals surface area contributed by atoms with Crippen molar-refractivity contribution in [2.24, 2.45) is 0 Å². The molecule has 20 heavy (non-hydrogen) atoms. The first kappa shape index (κ1) is 12.4. The average Bonchev–Trinajstić information content (AvgIpc) is 2.46. The van der Waals surface area contributed by atoms with Gasteiger partial charge in [-0.15, -0.1) is 0 Å². The lowest BCUT2D eigenvalue weighted by Crippen LogP contribution is -2.12. The van der Waals surface area contributed by atoms with E-state index in [1.807, 2.05) is 55.5 Å². The molecule has 3 aromatic rings. The van der Waals surface area contributed by atoms with Gasteiger partial charge < -0.3 is 5.32 Å². The third kappa shape index (κ3) is 2.38. The van der Waals surface area contributed by atoms with E-state index < -0.39 is 0 Å². The molecule has 1 aromatic heterocycles. The minimum atomic E-state index is -0.116. The van der Waals surface area contributed by atoms with Gasteiger partial charge in [-0.05, 0) is 36.8 Å². The molecule has 1 amide bonds. The smallest absolute Gasteiger partial charge is 0.256 e. The van der Waals surface area contributed by atoms with Crippen LogP contribution in [-0.2, 0) is 0 Å². The molecule has 0 saturated carbocycles. The van der Waals surface area contributed by atoms with Crippen LogP contribution in [0.1, 0.15) is 15.9 Å². The molecule has 3 nitrogen and oxygen atoms in total. The standard InChI is InChI=1S/C17H14N2O/c1-12-5-4-6-13(11-12)19-17(20)15-9-10-18-16-8-3-2-7-14(15)16/h2-11H,1H3,(H,19,20). The van der Waals surface area contributed by atoms with E-state index in [0.29, 0.717) is 5.56 Å². The van der Waals surface area contributed by atoms with Crippen LogP contribution in [0.2, 0.25) is 0 Å². The van der Waals surface area contributed by atoms with Gasteiger partial charge in [0.15, 0.2) is 0 Å². The number of aromatic nitrogens is 1. The second-order valence-corrected chi connectivity index (χ2v) is 4.70. The molecule has 98 valence electrons. The number of pyridine rings is 1. The number of benzene rings is 2. The molecule has 0 unspecified atom stereocenters. The maximum absolute atomic E-state index is 12.4. The van der Waals surface area contributed by atoms with Crippen molar-refractivity contribution in [1.82, 2.24) is 4.98 Å². The Morgan fingerprint density at radius 2 is 1.90 bits per heavy atom. The Morgan fingerprint density at radius 3 is 2.75 bits per heavy atom. The van der Waals surface area contributed by atoms with Crippen LogP contribution in [0.3, 0.4) is 0 Å². The van der Waals surface area contributed by atoms with Crippen molar-refractivity contribution in [3.8, 4) is 0 Å². The maximum atomic E-state index is 12.4. The molecule has 0 fully saturated rings. The van der Waals surface area contributed by atoms with Crippen molar-refractivity contribution >= 4 is 22.5 Å². The number of hydrogen-bond acceptors (Lipinski definition) is 2. The molecule has 0 aliphatic rings. The summed E-state index contributed by atoms with van der Waals surface area (Å²) in [5.74, 6) is -0.116. The molecule has 2 aromatic carbocycles. The number of aryl methyl sites for hydroxylation is 1. The Labute approximate surface area is 117 Å². The zero-order valence-corrected chi connectivity index (χ0v) is 11.1. The molecule has 1 heterocycles. The van der Waals surface area contributed by atoms with E-state index in [0.717, 1.165) is 22.2 Å². The summed E-state index contributed by atoms with van der Waals surface area (Å²) in [6, 6.07) is 17.1. The van der Waals surface area contributed by atoms with Crippen molar-refractivity contribution in [2.75, 3.05) is 5.32 Å². The molecule has 3 heteroatoms. The van der Waals surface area contributed by atoms with Crippen molar-refractivity contribution < 1.29 is 4.79 Å². The normalized spacial score (nSPS) is 10.4. The van der Waals surface area contributed by atoms with Gasteiger partial charge in [0.05, 0.1) is 11.1 Å². The first-order valence-corrected chi connectivity index (χ1v) is 6.46. The predicted octanol–water partition coefficient (Wildman–Crippen LogP) is 3.80. The molecule has 0 saturated heterocycles. The number of anilines is 1. The quantitative estimate of drug-likeness (QED) is 0.763. The van der Waals surface area contributed by atoms with Crippen LogP contribution in [0, 0.1) is 6.92 Å². The van der Waals surface area contributed by atoms with Gasteiger partial charge in [-0.2, -0.15) is 0 Å². The Hall–Kier alpha value is -2.68. The molecular weight excluding hydrogens is 248 g/mol. The lowest BCUT2D eigenvalue weighted by Gasteiger charge is -2.08. The van der Waals surface area contributed by atoms with Gasteiger partial charge in [0, 0.05) is 17.3 Å². The third-order valence-electron chi connectivity index (χ3n) is 3.17. The lowest BCUT2D eigenvalue weighted by atomic mass is 10.1. The zero-order valence-electron chi connectivity index (χ0n) is 11.1. The lowest BCUT2D eigenvalue weighted by molar-refractivity contribution is 0.102. The van der Waals surface area contributed by atoms with Crippen LogP contribution < -0.4 is 5.32 Å². The number of hydrogen-bond donors (Lipinski definition) is 1. The minimum absolute atomic E-state index is 0.116. The fraction of sp³-hybridized carbons (Fsp3) is 0.0588. The molecule has 0 atom stereocenters. The van der Waals surface area contributed by atoms with Crippen LogP contribution in [0.4, 0.5) is 5.69 Å². The maximum Gasteiger partial charge on any atom is 0.256 e. The van der Waals surface area contributed by atoms with Crippen molar-refractivity contribution in [1.29, 1.82) is 0 Å². The summed E-state index contributed by atoms with van der Waals surface area (Å²) in [4.78, 5) is 16.7. The Bertz CT molecular complexity index is 775. The van der Waals surface area contributed by atoms with E-state index in [-0.39, 0.29) is 5.91 Å². The number of carbonyl (C=O) groups excluding carboxylic acids is 1. The number of para-hydroxylation sites is 1. The Morgan fingerprint density at radius 1 is 1.05 bits per heavy atom. The first-order valence-electron chi connectivity index (χ1n) is 6.46. The number of fused-ring (bicyclic) bond motifs is 1. The number of rotatable bonds is 2.